The fourth-order valence-electron chi connectivity index (χ4n) is 2.60. The molecule has 1 amide bonds. The quantitative estimate of drug-likeness (QED) is 0.847. The largest absolute Gasteiger partial charge is 0.360 e. The number of carbonyl (C=O) groups is 1. The number of aromatic nitrogens is 1. The average molecular weight is 363 g/mol. The second kappa shape index (κ2) is 6.61. The minimum absolute atomic E-state index is 0.0919. The molecule has 1 fully saturated rings. The van der Waals surface area contributed by atoms with E-state index in [4.69, 9.17) is 4.52 Å². The van der Waals surface area contributed by atoms with Crippen LogP contribution in [-0.2, 0) is 16.6 Å². The molecule has 0 atom stereocenters. The Morgan fingerprint density at radius 2 is 1.92 bits per heavy atom. The van der Waals surface area contributed by atoms with Gasteiger partial charge in [-0.3, -0.25) is 4.79 Å². The third-order valence-electron chi connectivity index (χ3n) is 4.17. The molecule has 1 saturated carbocycles. The summed E-state index contributed by atoms with van der Waals surface area (Å²) in [6, 6.07) is 7.26. The Labute approximate surface area is 147 Å². The van der Waals surface area contributed by atoms with E-state index >= 15 is 0 Å². The number of aryl methyl sites for hydroxylation is 2. The zero-order valence-corrected chi connectivity index (χ0v) is 15.3. The zero-order chi connectivity index (χ0) is 18.2. The Morgan fingerprint density at radius 1 is 1.28 bits per heavy atom. The second-order valence-corrected chi connectivity index (χ2v) is 8.34. The van der Waals surface area contributed by atoms with Crippen LogP contribution in [0.1, 0.15) is 40.2 Å². The van der Waals surface area contributed by atoms with Gasteiger partial charge in [0.05, 0.1) is 0 Å². The van der Waals surface area contributed by atoms with Gasteiger partial charge in [0.15, 0.2) is 5.76 Å². The highest BCUT2D eigenvalue weighted by Gasteiger charge is 2.28. The van der Waals surface area contributed by atoms with Crippen LogP contribution in [0, 0.1) is 13.8 Å². The maximum atomic E-state index is 12.7. The van der Waals surface area contributed by atoms with E-state index in [-0.39, 0.29) is 23.1 Å². The van der Waals surface area contributed by atoms with Gasteiger partial charge in [-0.15, -0.1) is 0 Å². The van der Waals surface area contributed by atoms with Crippen LogP contribution in [0.25, 0.3) is 0 Å². The highest BCUT2D eigenvalue weighted by Crippen LogP contribution is 2.24. The molecule has 1 aromatic carbocycles. The van der Waals surface area contributed by atoms with Crippen molar-refractivity contribution in [3.63, 3.8) is 0 Å². The number of carbonyl (C=O) groups excluding carboxylic acids is 1. The van der Waals surface area contributed by atoms with Crippen LogP contribution >= 0.6 is 0 Å². The highest BCUT2D eigenvalue weighted by atomic mass is 32.2. The van der Waals surface area contributed by atoms with E-state index in [0.29, 0.717) is 17.3 Å². The average Bonchev–Trinajstić information content (AvgIpc) is 3.30. The molecule has 134 valence electrons. The van der Waals surface area contributed by atoms with Gasteiger partial charge in [-0.2, -0.15) is 4.31 Å². The fourth-order valence-corrected chi connectivity index (χ4v) is 4.04. The monoisotopic (exact) mass is 363 g/mol. The molecule has 0 bridgehead atoms. The lowest BCUT2D eigenvalue weighted by Crippen LogP contribution is -2.27. The first kappa shape index (κ1) is 17.6. The lowest BCUT2D eigenvalue weighted by atomic mass is 10.1. The number of rotatable bonds is 6. The molecule has 2 aromatic rings. The van der Waals surface area contributed by atoms with Crippen molar-refractivity contribution in [3.8, 4) is 0 Å². The standard InChI is InChI=1S/C17H21N3O4S/c1-11-16(12(2)24-19-11)25(22,23)20(3)10-13-4-6-14(7-5-13)17(21)18-15-8-9-15/h4-7,15H,8-10H2,1-3H3,(H,18,21). The third-order valence-corrected chi connectivity index (χ3v) is 6.22. The number of nitrogens with one attached hydrogen (secondary N) is 1. The normalized spacial score (nSPS) is 14.7. The van der Waals surface area contributed by atoms with Gasteiger partial charge in [0.1, 0.15) is 10.6 Å². The molecular formula is C17H21N3O4S. The van der Waals surface area contributed by atoms with Gasteiger partial charge in [-0.25, -0.2) is 8.42 Å². The van der Waals surface area contributed by atoms with Gasteiger partial charge in [-0.1, -0.05) is 17.3 Å². The SMILES string of the molecule is Cc1noc(C)c1S(=O)(=O)N(C)Cc1ccc(C(=O)NC2CC2)cc1. The van der Waals surface area contributed by atoms with Gasteiger partial charge in [0.2, 0.25) is 10.0 Å². The van der Waals surface area contributed by atoms with Gasteiger partial charge >= 0.3 is 0 Å². The van der Waals surface area contributed by atoms with Crippen molar-refractivity contribution in [2.45, 2.75) is 44.2 Å². The minimum Gasteiger partial charge on any atom is -0.360 e. The molecule has 1 aliphatic carbocycles. The summed E-state index contributed by atoms with van der Waals surface area (Å²) in [4.78, 5) is 12.1. The van der Waals surface area contributed by atoms with Gasteiger partial charge in [-0.05, 0) is 44.4 Å². The van der Waals surface area contributed by atoms with Crippen LogP contribution in [0.2, 0.25) is 0 Å². The van der Waals surface area contributed by atoms with Gasteiger partial charge < -0.3 is 9.84 Å². The van der Waals surface area contributed by atoms with Crippen molar-refractivity contribution in [3.05, 3.63) is 46.8 Å². The molecule has 0 unspecified atom stereocenters. The summed E-state index contributed by atoms with van der Waals surface area (Å²) >= 11 is 0. The first-order valence-electron chi connectivity index (χ1n) is 8.08. The first-order chi connectivity index (χ1) is 11.8. The van der Waals surface area contributed by atoms with E-state index in [0.717, 1.165) is 18.4 Å². The summed E-state index contributed by atoms with van der Waals surface area (Å²) in [6.07, 6.45) is 2.07. The minimum atomic E-state index is -3.69. The lowest BCUT2D eigenvalue weighted by Gasteiger charge is -2.17. The molecule has 25 heavy (non-hydrogen) atoms. The Hall–Kier alpha value is -2.19. The maximum Gasteiger partial charge on any atom is 0.251 e. The smallest absolute Gasteiger partial charge is 0.251 e. The van der Waals surface area contributed by atoms with Crippen LogP contribution in [0.15, 0.2) is 33.7 Å². The van der Waals surface area contributed by atoms with E-state index < -0.39 is 10.0 Å². The molecule has 0 spiro atoms. The van der Waals surface area contributed by atoms with Crippen LogP contribution in [-0.4, -0.2) is 36.9 Å². The van der Waals surface area contributed by atoms with Gasteiger partial charge in [0.25, 0.3) is 5.91 Å². The van der Waals surface area contributed by atoms with Crippen LogP contribution in [0.3, 0.4) is 0 Å². The molecule has 1 aliphatic rings. The molecule has 0 radical (unpaired) electrons. The molecule has 7 nitrogen and oxygen atoms in total. The fraction of sp³-hybridized carbons (Fsp3) is 0.412. The predicted octanol–water partition coefficient (Wildman–Crippen LogP) is 2.00. The highest BCUT2D eigenvalue weighted by molar-refractivity contribution is 7.89. The number of hydrogen-bond donors (Lipinski definition) is 1. The van der Waals surface area contributed by atoms with E-state index in [9.17, 15) is 13.2 Å². The second-order valence-electron chi connectivity index (χ2n) is 6.36. The van der Waals surface area contributed by atoms with E-state index in [1.165, 1.54) is 11.4 Å². The molecular weight excluding hydrogens is 342 g/mol. The molecule has 1 heterocycles. The van der Waals surface area contributed by atoms with Crippen molar-refractivity contribution < 1.29 is 17.7 Å². The summed E-state index contributed by atoms with van der Waals surface area (Å²) in [5.74, 6) is 0.183. The summed E-state index contributed by atoms with van der Waals surface area (Å²) < 4.78 is 31.6. The predicted molar refractivity (Wildman–Crippen MR) is 91.6 cm³/mol. The number of hydrogen-bond acceptors (Lipinski definition) is 5. The third kappa shape index (κ3) is 3.74. The van der Waals surface area contributed by atoms with Crippen LogP contribution < -0.4 is 5.32 Å². The molecule has 3 rings (SSSR count). The summed E-state index contributed by atoms with van der Waals surface area (Å²) in [5, 5.41) is 6.63. The zero-order valence-electron chi connectivity index (χ0n) is 14.4. The van der Waals surface area contributed by atoms with Crippen molar-refractivity contribution in [2.75, 3.05) is 7.05 Å². The van der Waals surface area contributed by atoms with Gasteiger partial charge in [0, 0.05) is 25.2 Å². The summed E-state index contributed by atoms with van der Waals surface area (Å²) in [6.45, 7) is 3.37. The van der Waals surface area contributed by atoms with Crippen LogP contribution in [0.5, 0.6) is 0 Å². The first-order valence-corrected chi connectivity index (χ1v) is 9.52. The Bertz CT molecular complexity index is 864. The lowest BCUT2D eigenvalue weighted by molar-refractivity contribution is 0.0951. The number of sulfonamides is 1. The van der Waals surface area contributed by atoms with Crippen molar-refractivity contribution >= 4 is 15.9 Å². The Balaban J connectivity index is 1.72. The number of benzene rings is 1. The van der Waals surface area contributed by atoms with Crippen molar-refractivity contribution in [1.82, 2.24) is 14.8 Å². The van der Waals surface area contributed by atoms with E-state index in [1.807, 2.05) is 0 Å². The summed E-state index contributed by atoms with van der Waals surface area (Å²) in [7, 11) is -2.18. The maximum absolute atomic E-state index is 12.7. The van der Waals surface area contributed by atoms with E-state index in [2.05, 4.69) is 10.5 Å². The Morgan fingerprint density at radius 3 is 2.44 bits per heavy atom. The Kier molecular flexibility index (Phi) is 4.66. The molecule has 1 aromatic heterocycles. The number of nitrogens with zero attached hydrogens (tertiary/aromatic N) is 2. The molecule has 1 N–H and O–H groups in total. The van der Waals surface area contributed by atoms with Crippen LogP contribution in [0.4, 0.5) is 0 Å². The molecule has 0 aliphatic heterocycles. The van der Waals surface area contributed by atoms with E-state index in [1.54, 1.807) is 38.1 Å². The molecule has 0 saturated heterocycles. The van der Waals surface area contributed by atoms with Crippen molar-refractivity contribution in [1.29, 1.82) is 0 Å². The molecule has 8 heteroatoms. The topological polar surface area (TPSA) is 92.5 Å². The number of amides is 1. The van der Waals surface area contributed by atoms with Crippen molar-refractivity contribution in [2.24, 2.45) is 0 Å². The summed E-state index contributed by atoms with van der Waals surface area (Å²) in [5.41, 5.74) is 1.71.